The largest absolute Gasteiger partial charge is 0.289 e. The smallest absolute Gasteiger partial charge is 0.273 e. The molecule has 2 N–H and O–H groups in total. The summed E-state index contributed by atoms with van der Waals surface area (Å²) >= 11 is 6.22. The molecule has 0 radical (unpaired) electrons. The molecule has 4 aliphatic carbocycles. The van der Waals surface area contributed by atoms with Gasteiger partial charge in [-0.1, -0.05) is 11.6 Å². The number of pyridine rings is 1. The van der Waals surface area contributed by atoms with Crippen LogP contribution in [-0.4, -0.2) is 26.6 Å². The molecular formula is C23H28ClN5O2. The number of aryl methyl sites for hydroxylation is 2. The summed E-state index contributed by atoms with van der Waals surface area (Å²) in [6, 6.07) is 5.26. The van der Waals surface area contributed by atoms with Gasteiger partial charge in [-0.05, 0) is 93.7 Å². The van der Waals surface area contributed by atoms with Crippen molar-refractivity contribution in [2.24, 2.45) is 23.2 Å². The first-order valence-corrected chi connectivity index (χ1v) is 11.5. The standard InChI is InChI=1S/C23H28ClN5O2/c1-13-5-14(2)29(28-13)19-4-3-18(24)21(25-19)22(31)27-26-20(30)12-23-9-15-6-16(10-23)8-17(7-15)11-23/h3-5,15-17H,6-12H2,1-2H3,(H,26,30)(H,27,31). The Labute approximate surface area is 186 Å². The first kappa shape index (κ1) is 20.5. The van der Waals surface area contributed by atoms with E-state index in [2.05, 4.69) is 20.9 Å². The highest BCUT2D eigenvalue weighted by molar-refractivity contribution is 6.33. The van der Waals surface area contributed by atoms with Crippen molar-refractivity contribution in [2.45, 2.75) is 58.8 Å². The molecule has 4 fully saturated rings. The van der Waals surface area contributed by atoms with E-state index in [1.807, 2.05) is 19.9 Å². The fraction of sp³-hybridized carbons (Fsp3) is 0.565. The lowest BCUT2D eigenvalue weighted by atomic mass is 9.49. The van der Waals surface area contributed by atoms with Gasteiger partial charge in [-0.15, -0.1) is 0 Å². The SMILES string of the molecule is Cc1cc(C)n(-c2ccc(Cl)c(C(=O)NNC(=O)CC34CC5CC(CC(C5)C3)C4)n2)n1. The lowest BCUT2D eigenvalue weighted by Crippen LogP contribution is -2.50. The first-order chi connectivity index (χ1) is 14.8. The minimum absolute atomic E-state index is 0.0572. The number of carbonyl (C=O) groups excluding carboxylic acids is 2. The fourth-order valence-corrected chi connectivity index (χ4v) is 6.84. The second-order valence-corrected chi connectivity index (χ2v) is 10.3. The molecule has 2 aromatic heterocycles. The second-order valence-electron chi connectivity index (χ2n) is 9.94. The van der Waals surface area contributed by atoms with Gasteiger partial charge in [-0.2, -0.15) is 5.10 Å². The molecule has 0 aromatic carbocycles. The van der Waals surface area contributed by atoms with Gasteiger partial charge < -0.3 is 0 Å². The molecular weight excluding hydrogens is 414 g/mol. The van der Waals surface area contributed by atoms with Gasteiger partial charge in [0.05, 0.1) is 10.7 Å². The van der Waals surface area contributed by atoms with Crippen LogP contribution in [-0.2, 0) is 4.79 Å². The topological polar surface area (TPSA) is 88.9 Å². The molecule has 164 valence electrons. The maximum Gasteiger partial charge on any atom is 0.289 e. The summed E-state index contributed by atoms with van der Waals surface area (Å²) in [5.74, 6) is 2.18. The molecule has 2 aromatic rings. The average Bonchev–Trinajstić information content (AvgIpc) is 3.03. The molecule has 0 spiro atoms. The second kappa shape index (κ2) is 7.62. The predicted octanol–water partition coefficient (Wildman–Crippen LogP) is 3.91. The third-order valence-corrected chi connectivity index (χ3v) is 7.59. The number of aromatic nitrogens is 3. The zero-order valence-corrected chi connectivity index (χ0v) is 18.7. The van der Waals surface area contributed by atoms with Gasteiger partial charge in [0.15, 0.2) is 11.5 Å². The molecule has 7 nitrogen and oxygen atoms in total. The molecule has 0 saturated heterocycles. The van der Waals surface area contributed by atoms with E-state index in [0.717, 1.165) is 48.4 Å². The molecule has 4 aliphatic rings. The summed E-state index contributed by atoms with van der Waals surface area (Å²) in [7, 11) is 0. The minimum Gasteiger partial charge on any atom is -0.273 e. The van der Waals surface area contributed by atoms with Crippen LogP contribution in [0.3, 0.4) is 0 Å². The molecule has 4 saturated carbocycles. The number of nitrogens with one attached hydrogen (secondary N) is 2. The predicted molar refractivity (Wildman–Crippen MR) is 117 cm³/mol. The summed E-state index contributed by atoms with van der Waals surface area (Å²) in [4.78, 5) is 29.8. The highest BCUT2D eigenvalue weighted by Gasteiger charge is 2.51. The average molecular weight is 442 g/mol. The van der Waals surface area contributed by atoms with Gasteiger partial charge in [0.1, 0.15) is 0 Å². The summed E-state index contributed by atoms with van der Waals surface area (Å²) < 4.78 is 1.66. The Morgan fingerprint density at radius 2 is 1.74 bits per heavy atom. The first-order valence-electron chi connectivity index (χ1n) is 11.1. The lowest BCUT2D eigenvalue weighted by Gasteiger charge is -2.56. The van der Waals surface area contributed by atoms with Crippen molar-refractivity contribution in [2.75, 3.05) is 0 Å². The van der Waals surface area contributed by atoms with Crippen molar-refractivity contribution in [1.82, 2.24) is 25.6 Å². The molecule has 2 heterocycles. The lowest BCUT2D eigenvalue weighted by molar-refractivity contribution is -0.130. The van der Waals surface area contributed by atoms with Crippen LogP contribution in [0, 0.1) is 37.0 Å². The molecule has 0 aliphatic heterocycles. The Hall–Kier alpha value is -2.41. The monoisotopic (exact) mass is 441 g/mol. The van der Waals surface area contributed by atoms with Crippen LogP contribution >= 0.6 is 11.6 Å². The van der Waals surface area contributed by atoms with Crippen LogP contribution < -0.4 is 10.9 Å². The highest BCUT2D eigenvalue weighted by atomic mass is 35.5. The van der Waals surface area contributed by atoms with Gasteiger partial charge >= 0.3 is 0 Å². The van der Waals surface area contributed by atoms with Crippen molar-refractivity contribution in [3.8, 4) is 5.82 Å². The van der Waals surface area contributed by atoms with Crippen LogP contribution in [0.4, 0.5) is 0 Å². The number of hydrazine groups is 1. The third kappa shape index (κ3) is 3.95. The molecule has 8 heteroatoms. The summed E-state index contributed by atoms with van der Waals surface area (Å²) in [6.07, 6.45) is 7.95. The van der Waals surface area contributed by atoms with Gasteiger partial charge in [0.25, 0.3) is 5.91 Å². The maximum atomic E-state index is 12.7. The third-order valence-electron chi connectivity index (χ3n) is 7.29. The summed E-state index contributed by atoms with van der Waals surface area (Å²) in [5.41, 5.74) is 7.04. The van der Waals surface area contributed by atoms with Crippen molar-refractivity contribution >= 4 is 23.4 Å². The Morgan fingerprint density at radius 1 is 1.10 bits per heavy atom. The Bertz CT molecular complexity index is 1010. The van der Waals surface area contributed by atoms with E-state index in [-0.39, 0.29) is 22.0 Å². The fourth-order valence-electron chi connectivity index (χ4n) is 6.65. The Morgan fingerprint density at radius 3 is 2.32 bits per heavy atom. The number of carbonyl (C=O) groups is 2. The molecule has 6 rings (SSSR count). The molecule has 31 heavy (non-hydrogen) atoms. The normalized spacial score (nSPS) is 28.5. The van der Waals surface area contributed by atoms with E-state index >= 15 is 0 Å². The van der Waals surface area contributed by atoms with Crippen LogP contribution in [0.1, 0.15) is 66.8 Å². The van der Waals surface area contributed by atoms with Crippen molar-refractivity contribution in [3.63, 3.8) is 0 Å². The van der Waals surface area contributed by atoms with Gasteiger partial charge in [-0.25, -0.2) is 9.67 Å². The van der Waals surface area contributed by atoms with E-state index in [9.17, 15) is 9.59 Å². The number of hydrogen-bond acceptors (Lipinski definition) is 4. The van der Waals surface area contributed by atoms with Crippen molar-refractivity contribution in [1.29, 1.82) is 0 Å². The number of amides is 2. The number of halogens is 1. The zero-order valence-electron chi connectivity index (χ0n) is 17.9. The summed E-state index contributed by atoms with van der Waals surface area (Å²) in [5, 5.41) is 4.62. The van der Waals surface area contributed by atoms with Crippen LogP contribution in [0.15, 0.2) is 18.2 Å². The van der Waals surface area contributed by atoms with Crippen molar-refractivity contribution < 1.29 is 9.59 Å². The van der Waals surface area contributed by atoms with E-state index in [4.69, 9.17) is 11.6 Å². The van der Waals surface area contributed by atoms with E-state index in [1.54, 1.807) is 16.8 Å². The maximum absolute atomic E-state index is 12.7. The van der Waals surface area contributed by atoms with Gasteiger partial charge in [0.2, 0.25) is 5.91 Å². The van der Waals surface area contributed by atoms with Crippen molar-refractivity contribution in [3.05, 3.63) is 40.3 Å². The number of hydrogen-bond donors (Lipinski definition) is 2. The molecule has 0 atom stereocenters. The van der Waals surface area contributed by atoms with Crippen LogP contribution in [0.25, 0.3) is 5.82 Å². The quantitative estimate of drug-likeness (QED) is 0.704. The molecule has 4 bridgehead atoms. The zero-order chi connectivity index (χ0) is 21.8. The number of rotatable bonds is 4. The molecule has 2 amide bonds. The van der Waals surface area contributed by atoms with Crippen LogP contribution in [0.2, 0.25) is 5.02 Å². The Balaban J connectivity index is 1.24. The van der Waals surface area contributed by atoms with E-state index < -0.39 is 5.91 Å². The highest BCUT2D eigenvalue weighted by Crippen LogP contribution is 2.61. The number of nitrogens with zero attached hydrogens (tertiary/aromatic N) is 3. The van der Waals surface area contributed by atoms with Gasteiger partial charge in [-0.3, -0.25) is 20.4 Å². The van der Waals surface area contributed by atoms with Gasteiger partial charge in [0, 0.05) is 12.1 Å². The van der Waals surface area contributed by atoms with E-state index in [0.29, 0.717) is 12.2 Å². The summed E-state index contributed by atoms with van der Waals surface area (Å²) in [6.45, 7) is 3.81. The minimum atomic E-state index is -0.535. The van der Waals surface area contributed by atoms with E-state index in [1.165, 1.54) is 19.3 Å². The molecule has 0 unspecified atom stereocenters. The van der Waals surface area contributed by atoms with Crippen LogP contribution in [0.5, 0.6) is 0 Å². The Kier molecular flexibility index (Phi) is 5.04.